The Bertz CT molecular complexity index is 1980. The number of nitrogens with two attached hydrogens (primary N) is 1. The predicted octanol–water partition coefficient (Wildman–Crippen LogP) is 6.86. The van der Waals surface area contributed by atoms with Crippen molar-refractivity contribution in [1.82, 2.24) is 0 Å². The van der Waals surface area contributed by atoms with Crippen molar-refractivity contribution < 1.29 is 38.0 Å². The summed E-state index contributed by atoms with van der Waals surface area (Å²) in [6, 6.07) is 21.8. The van der Waals surface area contributed by atoms with Gasteiger partial charge in [0.2, 0.25) is 0 Å². The average molecular weight is 624 g/mol. The lowest BCUT2D eigenvalue weighted by molar-refractivity contribution is 0.0731. The number of fused-ring (bicyclic) bond motifs is 2. The highest BCUT2D eigenvalue weighted by Gasteiger charge is 2.29. The molecule has 6 rings (SSSR count). The van der Waals surface area contributed by atoms with Gasteiger partial charge in [0, 0.05) is 17.8 Å². The van der Waals surface area contributed by atoms with Crippen LogP contribution in [-0.2, 0) is 0 Å². The number of hydrogen-bond acceptors (Lipinski definition) is 10. The fourth-order valence-electron chi connectivity index (χ4n) is 4.93. The van der Waals surface area contributed by atoms with Gasteiger partial charge in [-0.05, 0) is 68.0 Å². The number of carbonyl (C=O) groups is 1. The SMILES string of the molecule is COc1ccc(-c2c(OC)c3c(OC)c4c(cc3oc2=O)OC(C)(C)C=C4)cc1.Nc1ccc(C(=O)Oc2ccccc2)c(O)c1. The second-order valence-corrected chi connectivity index (χ2v) is 10.7. The lowest BCUT2D eigenvalue weighted by Gasteiger charge is -2.29. The van der Waals surface area contributed by atoms with Crippen LogP contribution < -0.4 is 35.0 Å². The van der Waals surface area contributed by atoms with E-state index in [-0.39, 0.29) is 11.3 Å². The molecule has 0 radical (unpaired) electrons. The van der Waals surface area contributed by atoms with Crippen molar-refractivity contribution in [1.29, 1.82) is 0 Å². The average Bonchev–Trinajstić information content (AvgIpc) is 3.03. The topological polar surface area (TPSA) is 140 Å². The molecule has 4 aromatic carbocycles. The van der Waals surface area contributed by atoms with Crippen molar-refractivity contribution >= 4 is 28.7 Å². The fraction of sp³-hybridized carbons (Fsp3) is 0.167. The van der Waals surface area contributed by atoms with Gasteiger partial charge in [0.1, 0.15) is 62.2 Å². The molecule has 0 spiro atoms. The summed E-state index contributed by atoms with van der Waals surface area (Å²) in [6.07, 6.45) is 3.91. The number of nitrogen functional groups attached to an aromatic ring is 1. The molecule has 0 amide bonds. The van der Waals surface area contributed by atoms with E-state index in [9.17, 15) is 14.7 Å². The molecular formula is C36H33NO9. The molecule has 1 aromatic heterocycles. The van der Waals surface area contributed by atoms with Crippen molar-refractivity contribution in [2.45, 2.75) is 19.4 Å². The second kappa shape index (κ2) is 13.0. The molecule has 0 bridgehead atoms. The van der Waals surface area contributed by atoms with Gasteiger partial charge in [0.05, 0.1) is 26.9 Å². The summed E-state index contributed by atoms with van der Waals surface area (Å²) < 4.78 is 33.4. The van der Waals surface area contributed by atoms with Gasteiger partial charge in [-0.1, -0.05) is 30.3 Å². The molecule has 0 unspecified atom stereocenters. The summed E-state index contributed by atoms with van der Waals surface area (Å²) in [5.74, 6) is 1.81. The molecule has 10 heteroatoms. The van der Waals surface area contributed by atoms with Crippen LogP contribution in [0.25, 0.3) is 28.2 Å². The lowest BCUT2D eigenvalue weighted by Crippen LogP contribution is -2.27. The van der Waals surface area contributed by atoms with Crippen LogP contribution in [0.2, 0.25) is 0 Å². The molecule has 2 heterocycles. The molecule has 5 aromatic rings. The highest BCUT2D eigenvalue weighted by molar-refractivity contribution is 5.99. The molecule has 1 aliphatic heterocycles. The van der Waals surface area contributed by atoms with E-state index < -0.39 is 17.2 Å². The van der Waals surface area contributed by atoms with E-state index in [1.54, 1.807) is 68.8 Å². The van der Waals surface area contributed by atoms with Crippen molar-refractivity contribution in [3.05, 3.63) is 106 Å². The number of methoxy groups -OCH3 is 3. The zero-order chi connectivity index (χ0) is 33.0. The van der Waals surface area contributed by atoms with Crippen LogP contribution in [0.1, 0.15) is 29.8 Å². The first-order chi connectivity index (χ1) is 22.0. The largest absolute Gasteiger partial charge is 0.507 e. The van der Waals surface area contributed by atoms with Gasteiger partial charge in [-0.3, -0.25) is 0 Å². The third-order valence-electron chi connectivity index (χ3n) is 7.11. The third kappa shape index (κ3) is 6.46. The van der Waals surface area contributed by atoms with Crippen LogP contribution in [0.4, 0.5) is 5.69 Å². The number of hydrogen-bond donors (Lipinski definition) is 2. The van der Waals surface area contributed by atoms with Crippen molar-refractivity contribution in [2.24, 2.45) is 0 Å². The van der Waals surface area contributed by atoms with Gasteiger partial charge < -0.3 is 38.9 Å². The number of benzene rings is 4. The Morgan fingerprint density at radius 3 is 2.17 bits per heavy atom. The number of para-hydroxylation sites is 1. The molecule has 0 aliphatic carbocycles. The first kappa shape index (κ1) is 31.5. The van der Waals surface area contributed by atoms with Crippen LogP contribution in [0.5, 0.6) is 34.5 Å². The van der Waals surface area contributed by atoms with Crippen LogP contribution in [-0.4, -0.2) is 38.0 Å². The minimum atomic E-state index is -0.617. The number of phenolic OH excluding ortho intramolecular Hbond substituents is 1. The van der Waals surface area contributed by atoms with Gasteiger partial charge in [0.15, 0.2) is 0 Å². The minimum Gasteiger partial charge on any atom is -0.507 e. The van der Waals surface area contributed by atoms with Gasteiger partial charge >= 0.3 is 11.6 Å². The maximum Gasteiger partial charge on any atom is 0.347 e. The van der Waals surface area contributed by atoms with Gasteiger partial charge in [0.25, 0.3) is 0 Å². The highest BCUT2D eigenvalue weighted by atomic mass is 16.5. The second-order valence-electron chi connectivity index (χ2n) is 10.7. The molecule has 1 aliphatic rings. The first-order valence-electron chi connectivity index (χ1n) is 14.2. The van der Waals surface area contributed by atoms with Crippen molar-refractivity contribution in [3.8, 4) is 45.6 Å². The Kier molecular flexibility index (Phi) is 8.90. The molecular weight excluding hydrogens is 590 g/mol. The smallest absolute Gasteiger partial charge is 0.347 e. The molecule has 0 fully saturated rings. The van der Waals surface area contributed by atoms with Gasteiger partial charge in [-0.15, -0.1) is 0 Å². The summed E-state index contributed by atoms with van der Waals surface area (Å²) >= 11 is 0. The van der Waals surface area contributed by atoms with Crippen molar-refractivity contribution in [3.63, 3.8) is 0 Å². The van der Waals surface area contributed by atoms with E-state index in [1.807, 2.05) is 32.1 Å². The quantitative estimate of drug-likeness (QED) is 0.0892. The Morgan fingerprint density at radius 1 is 0.848 bits per heavy atom. The molecule has 0 atom stereocenters. The molecule has 0 saturated heterocycles. The standard InChI is InChI=1S/C23H22O6.C13H11NO3/c1-23(2)11-10-15-16(29-23)12-17-19(20(15)26-4)21(27-5)18(22(24)28-17)13-6-8-14(25-3)9-7-13;14-9-6-7-11(12(15)8-9)13(16)17-10-4-2-1-3-5-10/h6-12H,1-5H3;1-8,15H,14H2. The summed E-state index contributed by atoms with van der Waals surface area (Å²) in [5.41, 5.74) is 7.05. The third-order valence-corrected chi connectivity index (χ3v) is 7.11. The zero-order valence-electron chi connectivity index (χ0n) is 26.0. The Morgan fingerprint density at radius 2 is 1.54 bits per heavy atom. The molecule has 46 heavy (non-hydrogen) atoms. The number of anilines is 1. The first-order valence-corrected chi connectivity index (χ1v) is 14.2. The number of ether oxygens (including phenoxy) is 5. The van der Waals surface area contributed by atoms with Gasteiger partial charge in [-0.2, -0.15) is 0 Å². The molecule has 236 valence electrons. The van der Waals surface area contributed by atoms with E-state index in [0.717, 1.165) is 5.56 Å². The van der Waals surface area contributed by atoms with Crippen LogP contribution >= 0.6 is 0 Å². The van der Waals surface area contributed by atoms with E-state index in [2.05, 4.69) is 0 Å². The maximum absolute atomic E-state index is 12.9. The van der Waals surface area contributed by atoms with E-state index >= 15 is 0 Å². The maximum atomic E-state index is 12.9. The van der Waals surface area contributed by atoms with Gasteiger partial charge in [-0.25, -0.2) is 9.59 Å². The number of aromatic hydroxyl groups is 1. The summed E-state index contributed by atoms with van der Waals surface area (Å²) in [4.78, 5) is 24.6. The minimum absolute atomic E-state index is 0.0862. The monoisotopic (exact) mass is 623 g/mol. The number of esters is 1. The molecule has 0 saturated carbocycles. The normalized spacial score (nSPS) is 12.6. The van der Waals surface area contributed by atoms with E-state index in [4.69, 9.17) is 33.8 Å². The van der Waals surface area contributed by atoms with E-state index in [0.29, 0.717) is 56.5 Å². The van der Waals surface area contributed by atoms with Crippen molar-refractivity contribution in [2.75, 3.05) is 27.1 Å². The molecule has 3 N–H and O–H groups in total. The summed E-state index contributed by atoms with van der Waals surface area (Å²) in [6.45, 7) is 3.90. The lowest BCUT2D eigenvalue weighted by atomic mass is 9.98. The highest BCUT2D eigenvalue weighted by Crippen LogP contribution is 2.47. The van der Waals surface area contributed by atoms with Crippen LogP contribution in [0.15, 0.2) is 94.2 Å². The molecule has 10 nitrogen and oxygen atoms in total. The van der Waals surface area contributed by atoms with Crippen LogP contribution in [0.3, 0.4) is 0 Å². The number of carbonyl (C=O) groups excluding carboxylic acids is 1. The van der Waals surface area contributed by atoms with Crippen LogP contribution in [0, 0.1) is 0 Å². The zero-order valence-corrected chi connectivity index (χ0v) is 26.0. The Labute approximate surface area is 265 Å². The summed E-state index contributed by atoms with van der Waals surface area (Å²) in [7, 11) is 4.68. The Hall–Kier alpha value is -5.90. The van der Waals surface area contributed by atoms with E-state index in [1.165, 1.54) is 25.3 Å². The Balaban J connectivity index is 0.000000209. The number of phenols is 1. The summed E-state index contributed by atoms with van der Waals surface area (Å²) in [5, 5.41) is 10.1. The fourth-order valence-corrected chi connectivity index (χ4v) is 4.93. The number of rotatable bonds is 6. The predicted molar refractivity (Wildman–Crippen MR) is 175 cm³/mol.